The molecule has 3 aromatic carbocycles. The molecule has 0 spiro atoms. The number of benzene rings is 3. The topological polar surface area (TPSA) is 163 Å². The molecule has 4 aromatic heterocycles. The fraction of sp³-hybridized carbons (Fsp3) is 0.0811. The van der Waals surface area contributed by atoms with E-state index in [-0.39, 0.29) is 18.2 Å². The van der Waals surface area contributed by atoms with Crippen LogP contribution in [0.5, 0.6) is 5.88 Å². The molecule has 0 unspecified atom stereocenters. The quantitative estimate of drug-likeness (QED) is 0.177. The van der Waals surface area contributed by atoms with Gasteiger partial charge in [-0.2, -0.15) is 5.10 Å². The number of aromatic nitrogens is 6. The second kappa shape index (κ2) is 13.1. The molecule has 49 heavy (non-hydrogen) atoms. The zero-order chi connectivity index (χ0) is 33.9. The highest BCUT2D eigenvalue weighted by Crippen LogP contribution is 2.32. The Morgan fingerprint density at radius 2 is 1.63 bits per heavy atom. The average molecular weight is 651 g/mol. The molecule has 0 aliphatic rings. The van der Waals surface area contributed by atoms with Crippen LogP contribution in [-0.2, 0) is 22.5 Å². The Balaban J connectivity index is 1.11. The molecule has 7 aromatic rings. The van der Waals surface area contributed by atoms with Crippen LogP contribution >= 0.6 is 0 Å². The lowest BCUT2D eigenvalue weighted by molar-refractivity contribution is -0.139. The molecule has 12 heteroatoms. The molecule has 0 bridgehead atoms. The fourth-order valence-electron chi connectivity index (χ4n) is 5.48. The molecule has 242 valence electrons. The van der Waals surface area contributed by atoms with Gasteiger partial charge in [-0.05, 0) is 66.2 Å². The largest absolute Gasteiger partial charge is 0.493 e. The number of imidazole rings is 1. The highest BCUT2D eigenvalue weighted by Gasteiger charge is 2.19. The van der Waals surface area contributed by atoms with E-state index in [1.165, 1.54) is 17.9 Å². The van der Waals surface area contributed by atoms with Crippen LogP contribution in [0.2, 0.25) is 0 Å². The third kappa shape index (κ3) is 6.30. The lowest BCUT2D eigenvalue weighted by Crippen LogP contribution is -2.22. The summed E-state index contributed by atoms with van der Waals surface area (Å²) in [5.74, 6) is 0.118. The van der Waals surface area contributed by atoms with Crippen molar-refractivity contribution in [2.24, 2.45) is 0 Å². The first-order chi connectivity index (χ1) is 23.9. The number of fused-ring (bicyclic) bond motifs is 1. The molecule has 4 N–H and O–H groups in total. The number of carbonyl (C=O) groups is 2. The van der Waals surface area contributed by atoms with Gasteiger partial charge in [0.05, 0.1) is 36.2 Å². The molecular formula is C37H30N8O4. The molecule has 0 saturated heterocycles. The smallest absolute Gasteiger partial charge is 0.311 e. The van der Waals surface area contributed by atoms with Crippen molar-refractivity contribution in [3.05, 3.63) is 132 Å². The average Bonchev–Trinajstić information content (AvgIpc) is 3.70. The number of esters is 1. The molecule has 0 aliphatic carbocycles. The number of amides is 1. The summed E-state index contributed by atoms with van der Waals surface area (Å²) in [6.07, 6.45) is 1.58. The van der Waals surface area contributed by atoms with E-state index >= 15 is 0 Å². The van der Waals surface area contributed by atoms with E-state index in [0.717, 1.165) is 22.5 Å². The van der Waals surface area contributed by atoms with E-state index in [1.807, 2.05) is 83.4 Å². The number of nitrogens with one attached hydrogen (secondary N) is 1. The highest BCUT2D eigenvalue weighted by molar-refractivity contribution is 5.94. The third-order valence-corrected chi connectivity index (χ3v) is 7.97. The van der Waals surface area contributed by atoms with Gasteiger partial charge in [0, 0.05) is 35.6 Å². The van der Waals surface area contributed by atoms with Gasteiger partial charge < -0.3 is 20.9 Å². The molecular weight excluding hydrogens is 620 g/mol. The number of hydrogen-bond acceptors (Lipinski definition) is 9. The summed E-state index contributed by atoms with van der Waals surface area (Å²) in [5, 5.41) is 17.5. The van der Waals surface area contributed by atoms with Crippen LogP contribution < -0.4 is 11.1 Å². The summed E-state index contributed by atoms with van der Waals surface area (Å²) in [6.45, 7) is 0.293. The number of aromatic hydroxyl groups is 1. The molecule has 0 saturated carbocycles. The summed E-state index contributed by atoms with van der Waals surface area (Å²) in [7, 11) is 1.29. The molecule has 4 heterocycles. The van der Waals surface area contributed by atoms with Crippen LogP contribution in [0.1, 0.15) is 21.6 Å². The van der Waals surface area contributed by atoms with Crippen LogP contribution in [0.4, 0.5) is 5.82 Å². The van der Waals surface area contributed by atoms with Crippen LogP contribution in [0, 0.1) is 0 Å². The standard InChI is InChI=1S/C37H30N8O4/c1-49-33(47)21-26-20-32(46)45(43-26)28-15-11-25(12-16-28)37(48)40-22-23-9-13-27(14-10-23)44-35(29-8-5-19-39-34(29)38)42-31-18-17-30(41-36(31)44)24-6-3-2-4-7-24/h2-20,46H,21-22H2,1H3,(H2,38,39)(H,40,48). The number of carbonyl (C=O) groups excluding carboxylic acids is 2. The number of methoxy groups -OCH3 is 1. The van der Waals surface area contributed by atoms with Gasteiger partial charge in [-0.1, -0.05) is 42.5 Å². The number of rotatable bonds is 9. The number of hydrogen-bond donors (Lipinski definition) is 3. The van der Waals surface area contributed by atoms with Crippen LogP contribution in [-0.4, -0.2) is 53.4 Å². The van der Waals surface area contributed by atoms with Gasteiger partial charge in [0.25, 0.3) is 5.91 Å². The number of pyridine rings is 2. The van der Waals surface area contributed by atoms with Crippen molar-refractivity contribution in [3.8, 4) is 39.9 Å². The Hall–Kier alpha value is -6.82. The van der Waals surface area contributed by atoms with Gasteiger partial charge in [0.2, 0.25) is 5.88 Å². The predicted molar refractivity (Wildman–Crippen MR) is 184 cm³/mol. The summed E-state index contributed by atoms with van der Waals surface area (Å²) >= 11 is 0. The predicted octanol–water partition coefficient (Wildman–Crippen LogP) is 5.27. The van der Waals surface area contributed by atoms with Crippen molar-refractivity contribution < 1.29 is 19.4 Å². The Bertz CT molecular complexity index is 2300. The first-order valence-electron chi connectivity index (χ1n) is 15.4. The highest BCUT2D eigenvalue weighted by atomic mass is 16.5. The number of nitrogens with two attached hydrogens (primary N) is 1. The zero-order valence-electron chi connectivity index (χ0n) is 26.3. The maximum atomic E-state index is 13.0. The van der Waals surface area contributed by atoms with Crippen molar-refractivity contribution in [1.29, 1.82) is 0 Å². The Kier molecular flexibility index (Phi) is 8.25. The minimum atomic E-state index is -0.462. The van der Waals surface area contributed by atoms with Gasteiger partial charge in [0.1, 0.15) is 11.3 Å². The molecule has 1 amide bonds. The molecule has 0 radical (unpaired) electrons. The maximum absolute atomic E-state index is 13.0. The molecule has 0 atom stereocenters. The van der Waals surface area contributed by atoms with Crippen molar-refractivity contribution in [1.82, 2.24) is 34.6 Å². The van der Waals surface area contributed by atoms with Crippen LogP contribution in [0.3, 0.4) is 0 Å². The second-order valence-electron chi connectivity index (χ2n) is 11.2. The fourth-order valence-corrected chi connectivity index (χ4v) is 5.48. The summed E-state index contributed by atoms with van der Waals surface area (Å²) < 4.78 is 7.92. The first kappa shape index (κ1) is 30.8. The lowest BCUT2D eigenvalue weighted by atomic mass is 10.1. The van der Waals surface area contributed by atoms with E-state index in [4.69, 9.17) is 15.7 Å². The van der Waals surface area contributed by atoms with Crippen molar-refractivity contribution in [2.45, 2.75) is 13.0 Å². The number of nitrogens with zero attached hydrogens (tertiary/aromatic N) is 6. The van der Waals surface area contributed by atoms with Gasteiger partial charge in [-0.15, -0.1) is 0 Å². The van der Waals surface area contributed by atoms with E-state index in [0.29, 0.717) is 51.9 Å². The van der Waals surface area contributed by atoms with E-state index in [1.54, 1.807) is 30.5 Å². The Morgan fingerprint density at radius 1 is 0.878 bits per heavy atom. The maximum Gasteiger partial charge on any atom is 0.311 e. The van der Waals surface area contributed by atoms with Crippen LogP contribution in [0.15, 0.2) is 115 Å². The summed E-state index contributed by atoms with van der Waals surface area (Å²) in [5.41, 5.74) is 13.2. The second-order valence-corrected chi connectivity index (χ2v) is 11.2. The molecule has 12 nitrogen and oxygen atoms in total. The number of ether oxygens (including phenoxy) is 1. The van der Waals surface area contributed by atoms with Crippen molar-refractivity contribution >= 4 is 28.9 Å². The normalized spacial score (nSPS) is 11.0. The zero-order valence-corrected chi connectivity index (χ0v) is 26.3. The number of nitrogen functional groups attached to an aromatic ring is 1. The van der Waals surface area contributed by atoms with Gasteiger partial charge >= 0.3 is 5.97 Å². The van der Waals surface area contributed by atoms with Gasteiger partial charge in [-0.3, -0.25) is 14.2 Å². The van der Waals surface area contributed by atoms with Gasteiger partial charge in [-0.25, -0.2) is 19.6 Å². The van der Waals surface area contributed by atoms with E-state index in [2.05, 4.69) is 20.1 Å². The minimum absolute atomic E-state index is 0.0657. The van der Waals surface area contributed by atoms with Crippen LogP contribution in [0.25, 0.3) is 45.2 Å². The molecule has 0 aliphatic heterocycles. The molecule has 0 fully saturated rings. The summed E-state index contributed by atoms with van der Waals surface area (Å²) in [4.78, 5) is 38.7. The first-order valence-corrected chi connectivity index (χ1v) is 15.4. The lowest BCUT2D eigenvalue weighted by Gasteiger charge is -2.12. The minimum Gasteiger partial charge on any atom is -0.493 e. The Labute approximate surface area is 280 Å². The SMILES string of the molecule is COC(=O)Cc1cc(O)n(-c2ccc(C(=O)NCc3ccc(-n4c(-c5cccnc5N)nc5ccc(-c6ccccc6)nc54)cc3)cc2)n1. The van der Waals surface area contributed by atoms with E-state index < -0.39 is 5.97 Å². The monoisotopic (exact) mass is 650 g/mol. The molecule has 7 rings (SSSR count). The van der Waals surface area contributed by atoms with Crippen molar-refractivity contribution in [3.63, 3.8) is 0 Å². The van der Waals surface area contributed by atoms with E-state index in [9.17, 15) is 14.7 Å². The number of anilines is 1. The van der Waals surface area contributed by atoms with Gasteiger partial charge in [0.15, 0.2) is 11.5 Å². The van der Waals surface area contributed by atoms with Crippen molar-refractivity contribution in [2.75, 3.05) is 12.8 Å². The summed E-state index contributed by atoms with van der Waals surface area (Å²) in [6, 6.07) is 33.4. The third-order valence-electron chi connectivity index (χ3n) is 7.97. The Morgan fingerprint density at radius 3 is 2.37 bits per heavy atom.